The standard InChI is InChI=1S/C5H8N4O.ClH/c1-7-4-3(6)2-8-5(10)9-4;/h2H,6H2,1H3,(H2,7,8,9,10);1H. The molecule has 4 N–H and O–H groups in total. The van der Waals surface area contributed by atoms with Gasteiger partial charge in [-0.25, -0.2) is 4.79 Å². The van der Waals surface area contributed by atoms with Gasteiger partial charge >= 0.3 is 5.69 Å². The number of rotatable bonds is 1. The van der Waals surface area contributed by atoms with Gasteiger partial charge in [0.1, 0.15) is 5.82 Å². The molecular weight excluding hydrogens is 168 g/mol. The van der Waals surface area contributed by atoms with Crippen molar-refractivity contribution < 1.29 is 0 Å². The zero-order valence-corrected chi connectivity index (χ0v) is 6.73. The third-order valence-electron chi connectivity index (χ3n) is 1.09. The van der Waals surface area contributed by atoms with E-state index in [9.17, 15) is 4.79 Å². The lowest BCUT2D eigenvalue weighted by atomic mass is 10.5. The summed E-state index contributed by atoms with van der Waals surface area (Å²) in [5.74, 6) is 0.500. The normalized spacial score (nSPS) is 8.45. The van der Waals surface area contributed by atoms with Gasteiger partial charge in [0, 0.05) is 7.05 Å². The van der Waals surface area contributed by atoms with Gasteiger partial charge in [-0.3, -0.25) is 4.98 Å². The third-order valence-corrected chi connectivity index (χ3v) is 1.09. The molecule has 0 aliphatic carbocycles. The number of nitrogens with zero attached hydrogens (tertiary/aromatic N) is 1. The molecule has 11 heavy (non-hydrogen) atoms. The number of nitrogens with two attached hydrogens (primary N) is 1. The van der Waals surface area contributed by atoms with Crippen LogP contribution >= 0.6 is 12.4 Å². The minimum Gasteiger partial charge on any atom is -0.395 e. The maximum atomic E-state index is 10.5. The molecule has 0 aromatic carbocycles. The van der Waals surface area contributed by atoms with Crippen LogP contribution in [0.15, 0.2) is 11.0 Å². The fourth-order valence-electron chi connectivity index (χ4n) is 0.611. The van der Waals surface area contributed by atoms with Crippen LogP contribution in [0, 0.1) is 0 Å². The summed E-state index contributed by atoms with van der Waals surface area (Å²) in [7, 11) is 1.67. The van der Waals surface area contributed by atoms with E-state index in [1.54, 1.807) is 7.05 Å². The van der Waals surface area contributed by atoms with Crippen LogP contribution in [0.2, 0.25) is 0 Å². The molecule has 0 fully saturated rings. The predicted molar refractivity (Wildman–Crippen MR) is 46.1 cm³/mol. The van der Waals surface area contributed by atoms with Gasteiger partial charge in [-0.15, -0.1) is 12.4 Å². The van der Waals surface area contributed by atoms with Crippen molar-refractivity contribution in [3.63, 3.8) is 0 Å². The molecule has 1 heterocycles. The molecule has 0 aliphatic heterocycles. The van der Waals surface area contributed by atoms with Crippen LogP contribution < -0.4 is 16.7 Å². The fourth-order valence-corrected chi connectivity index (χ4v) is 0.611. The molecule has 0 atom stereocenters. The predicted octanol–water partition coefficient (Wildman–Crippen LogP) is -0.184. The van der Waals surface area contributed by atoms with Crippen LogP contribution in [-0.2, 0) is 0 Å². The van der Waals surface area contributed by atoms with E-state index in [1.807, 2.05) is 0 Å². The summed E-state index contributed by atoms with van der Waals surface area (Å²) >= 11 is 0. The number of nitrogens with one attached hydrogen (secondary N) is 2. The van der Waals surface area contributed by atoms with E-state index < -0.39 is 5.69 Å². The summed E-state index contributed by atoms with van der Waals surface area (Å²) in [6.45, 7) is 0. The molecule has 0 radical (unpaired) electrons. The molecule has 1 aromatic heterocycles. The highest BCUT2D eigenvalue weighted by Gasteiger charge is 1.94. The zero-order valence-electron chi connectivity index (χ0n) is 5.92. The smallest absolute Gasteiger partial charge is 0.346 e. The molecule has 1 rings (SSSR count). The monoisotopic (exact) mass is 176 g/mol. The van der Waals surface area contributed by atoms with Crippen LogP contribution in [0.5, 0.6) is 0 Å². The summed E-state index contributed by atoms with van der Waals surface area (Å²) in [6, 6.07) is 0. The SMILES string of the molecule is CNc1[nH]c(=O)ncc1N.Cl. The molecule has 0 bridgehead atoms. The zero-order chi connectivity index (χ0) is 7.56. The van der Waals surface area contributed by atoms with Gasteiger partial charge in [0.25, 0.3) is 0 Å². The Balaban J connectivity index is 0.000001000. The number of H-pyrrole nitrogens is 1. The second-order valence-corrected chi connectivity index (χ2v) is 1.77. The number of aromatic nitrogens is 2. The van der Waals surface area contributed by atoms with E-state index in [0.717, 1.165) is 0 Å². The summed E-state index contributed by atoms with van der Waals surface area (Å²) < 4.78 is 0. The average molecular weight is 177 g/mol. The first-order chi connectivity index (χ1) is 4.74. The van der Waals surface area contributed by atoms with Gasteiger partial charge in [0.15, 0.2) is 0 Å². The second-order valence-electron chi connectivity index (χ2n) is 1.77. The lowest BCUT2D eigenvalue weighted by molar-refractivity contribution is 1.08. The van der Waals surface area contributed by atoms with Gasteiger partial charge in [-0.2, -0.15) is 4.98 Å². The Hall–Kier alpha value is -1.23. The van der Waals surface area contributed by atoms with Crippen molar-refractivity contribution in [1.82, 2.24) is 9.97 Å². The number of nitrogen functional groups attached to an aromatic ring is 1. The van der Waals surface area contributed by atoms with E-state index in [2.05, 4.69) is 15.3 Å². The van der Waals surface area contributed by atoms with Crippen molar-refractivity contribution in [2.24, 2.45) is 0 Å². The van der Waals surface area contributed by atoms with Crippen molar-refractivity contribution in [2.45, 2.75) is 0 Å². The minimum absolute atomic E-state index is 0. The lowest BCUT2D eigenvalue weighted by Gasteiger charge is -2.00. The minimum atomic E-state index is -0.404. The topological polar surface area (TPSA) is 83.8 Å². The Kier molecular flexibility index (Phi) is 3.39. The highest BCUT2D eigenvalue weighted by Crippen LogP contribution is 2.07. The summed E-state index contributed by atoms with van der Waals surface area (Å²) in [5, 5.41) is 2.72. The summed E-state index contributed by atoms with van der Waals surface area (Å²) in [6.07, 6.45) is 1.31. The first-order valence-electron chi connectivity index (χ1n) is 2.76. The van der Waals surface area contributed by atoms with Crippen LogP contribution in [0.1, 0.15) is 0 Å². The van der Waals surface area contributed by atoms with E-state index in [-0.39, 0.29) is 12.4 Å². The van der Waals surface area contributed by atoms with Crippen molar-refractivity contribution in [3.8, 4) is 0 Å². The van der Waals surface area contributed by atoms with Crippen LogP contribution in [-0.4, -0.2) is 17.0 Å². The number of halogens is 1. The third kappa shape index (κ3) is 2.12. The highest BCUT2D eigenvalue weighted by molar-refractivity contribution is 5.85. The van der Waals surface area contributed by atoms with Crippen LogP contribution in [0.3, 0.4) is 0 Å². The van der Waals surface area contributed by atoms with E-state index in [1.165, 1.54) is 6.20 Å². The number of hydrogen-bond acceptors (Lipinski definition) is 4. The van der Waals surface area contributed by atoms with Crippen molar-refractivity contribution in [1.29, 1.82) is 0 Å². The molecular formula is C5H9ClN4O. The highest BCUT2D eigenvalue weighted by atomic mass is 35.5. The Morgan fingerprint density at radius 3 is 2.82 bits per heavy atom. The molecule has 0 spiro atoms. The molecule has 5 nitrogen and oxygen atoms in total. The maximum Gasteiger partial charge on any atom is 0.346 e. The average Bonchev–Trinajstić information content (AvgIpc) is 1.94. The quantitative estimate of drug-likeness (QED) is 0.554. The molecule has 0 unspecified atom stereocenters. The van der Waals surface area contributed by atoms with Crippen molar-refractivity contribution in [2.75, 3.05) is 18.1 Å². The molecule has 0 saturated heterocycles. The Labute approximate surface area is 69.4 Å². The van der Waals surface area contributed by atoms with Gasteiger partial charge in [-0.05, 0) is 0 Å². The fraction of sp³-hybridized carbons (Fsp3) is 0.200. The molecule has 6 heteroatoms. The first kappa shape index (κ1) is 9.77. The van der Waals surface area contributed by atoms with Crippen LogP contribution in [0.25, 0.3) is 0 Å². The lowest BCUT2D eigenvalue weighted by Crippen LogP contribution is -2.13. The Bertz CT molecular complexity index is 284. The van der Waals surface area contributed by atoms with E-state index in [4.69, 9.17) is 5.73 Å². The van der Waals surface area contributed by atoms with Crippen molar-refractivity contribution >= 4 is 23.9 Å². The molecule has 0 amide bonds. The van der Waals surface area contributed by atoms with E-state index in [0.29, 0.717) is 11.5 Å². The van der Waals surface area contributed by atoms with Gasteiger partial charge in [-0.1, -0.05) is 0 Å². The summed E-state index contributed by atoms with van der Waals surface area (Å²) in [5.41, 5.74) is 5.43. The van der Waals surface area contributed by atoms with Crippen LogP contribution in [0.4, 0.5) is 11.5 Å². The number of aromatic amines is 1. The maximum absolute atomic E-state index is 10.5. The largest absolute Gasteiger partial charge is 0.395 e. The number of anilines is 2. The Morgan fingerprint density at radius 1 is 1.73 bits per heavy atom. The first-order valence-corrected chi connectivity index (χ1v) is 2.76. The molecule has 0 aliphatic rings. The molecule has 1 aromatic rings. The van der Waals surface area contributed by atoms with Crippen molar-refractivity contribution in [3.05, 3.63) is 16.7 Å². The van der Waals surface area contributed by atoms with E-state index >= 15 is 0 Å². The second kappa shape index (κ2) is 3.82. The summed E-state index contributed by atoms with van der Waals surface area (Å²) in [4.78, 5) is 16.4. The van der Waals surface area contributed by atoms with Gasteiger partial charge in [0.05, 0.1) is 11.9 Å². The molecule has 62 valence electrons. The number of hydrogen-bond donors (Lipinski definition) is 3. The van der Waals surface area contributed by atoms with Gasteiger partial charge in [0.2, 0.25) is 0 Å². The van der Waals surface area contributed by atoms with Gasteiger partial charge < -0.3 is 11.1 Å². The Morgan fingerprint density at radius 2 is 2.36 bits per heavy atom. The molecule has 0 saturated carbocycles.